The summed E-state index contributed by atoms with van der Waals surface area (Å²) < 4.78 is 3.20. The van der Waals surface area contributed by atoms with Crippen molar-refractivity contribution in [1.82, 2.24) is 19.7 Å². The Morgan fingerprint density at radius 2 is 2.07 bits per heavy atom. The van der Waals surface area contributed by atoms with Gasteiger partial charge in [0.1, 0.15) is 22.6 Å². The van der Waals surface area contributed by atoms with Crippen molar-refractivity contribution in [3.63, 3.8) is 0 Å². The van der Waals surface area contributed by atoms with E-state index >= 15 is 0 Å². The SMILES string of the molecule is CCC(CC(CC(C)C)Nc1nc(NC(=N)/C=C\N)cc2nccnc12)NSC#N. The molecule has 10 heteroatoms. The summed E-state index contributed by atoms with van der Waals surface area (Å²) in [5.41, 5.74) is 6.71. The molecule has 0 aromatic carbocycles. The first-order valence-corrected chi connectivity index (χ1v) is 10.7. The van der Waals surface area contributed by atoms with E-state index in [1.807, 2.05) is 0 Å². The Balaban J connectivity index is 2.33. The van der Waals surface area contributed by atoms with Crippen molar-refractivity contribution >= 4 is 40.5 Å². The van der Waals surface area contributed by atoms with Gasteiger partial charge < -0.3 is 16.4 Å². The number of pyridine rings is 1. The third-order valence-corrected chi connectivity index (χ3v) is 4.95. The predicted octanol–water partition coefficient (Wildman–Crippen LogP) is 3.60. The number of nitrogens with zero attached hydrogens (tertiary/aromatic N) is 4. The first-order valence-electron chi connectivity index (χ1n) is 9.89. The molecule has 0 amide bonds. The smallest absolute Gasteiger partial charge is 0.156 e. The fraction of sp³-hybridized carbons (Fsp3) is 0.450. The van der Waals surface area contributed by atoms with Gasteiger partial charge in [-0.05, 0) is 37.5 Å². The van der Waals surface area contributed by atoms with Crippen LogP contribution in [0, 0.1) is 22.0 Å². The van der Waals surface area contributed by atoms with Crippen LogP contribution in [-0.2, 0) is 0 Å². The van der Waals surface area contributed by atoms with Gasteiger partial charge in [-0.15, -0.1) is 0 Å². The Bertz CT molecular complexity index is 907. The number of nitrogens with two attached hydrogens (primary N) is 1. The minimum Gasteiger partial charge on any atom is -0.404 e. The van der Waals surface area contributed by atoms with Crippen molar-refractivity contribution in [2.45, 2.75) is 52.1 Å². The van der Waals surface area contributed by atoms with Gasteiger partial charge in [-0.1, -0.05) is 20.8 Å². The lowest BCUT2D eigenvalue weighted by Gasteiger charge is -2.26. The normalized spacial score (nSPS) is 13.3. The number of aromatic nitrogens is 3. The Morgan fingerprint density at radius 3 is 2.73 bits per heavy atom. The predicted molar refractivity (Wildman–Crippen MR) is 124 cm³/mol. The van der Waals surface area contributed by atoms with Gasteiger partial charge in [0.15, 0.2) is 5.82 Å². The molecule has 0 spiro atoms. The van der Waals surface area contributed by atoms with Crippen LogP contribution in [0.15, 0.2) is 30.7 Å². The van der Waals surface area contributed by atoms with Gasteiger partial charge in [0, 0.05) is 42.5 Å². The van der Waals surface area contributed by atoms with Crippen molar-refractivity contribution in [3.05, 3.63) is 30.7 Å². The summed E-state index contributed by atoms with van der Waals surface area (Å²) in [4.78, 5) is 13.5. The van der Waals surface area contributed by atoms with Crippen LogP contribution in [0.4, 0.5) is 11.6 Å². The van der Waals surface area contributed by atoms with Crippen molar-refractivity contribution < 1.29 is 0 Å². The zero-order valence-electron chi connectivity index (χ0n) is 17.5. The molecule has 2 atom stereocenters. The highest BCUT2D eigenvalue weighted by molar-refractivity contribution is 8.01. The number of nitriles is 1. The molecule has 0 aliphatic carbocycles. The average molecular weight is 428 g/mol. The summed E-state index contributed by atoms with van der Waals surface area (Å²) in [6.07, 6.45) is 8.68. The van der Waals surface area contributed by atoms with Gasteiger partial charge >= 0.3 is 0 Å². The molecule has 2 aromatic rings. The van der Waals surface area contributed by atoms with E-state index in [1.165, 1.54) is 12.3 Å². The molecule has 0 aliphatic heterocycles. The highest BCUT2D eigenvalue weighted by atomic mass is 32.2. The van der Waals surface area contributed by atoms with E-state index in [0.29, 0.717) is 28.6 Å². The quantitative estimate of drug-likeness (QED) is 0.157. The van der Waals surface area contributed by atoms with E-state index in [0.717, 1.165) is 31.2 Å². The lowest BCUT2D eigenvalue weighted by Crippen LogP contribution is -2.33. The Labute approximate surface area is 181 Å². The molecule has 9 nitrogen and oxygen atoms in total. The minimum atomic E-state index is 0.123. The number of hydrogen-bond acceptors (Lipinski definition) is 9. The molecule has 0 radical (unpaired) electrons. The number of anilines is 2. The number of thiocyanates is 1. The molecular weight excluding hydrogens is 398 g/mol. The van der Waals surface area contributed by atoms with E-state index in [1.54, 1.807) is 18.5 Å². The molecule has 160 valence electrons. The zero-order chi connectivity index (χ0) is 21.9. The third-order valence-electron chi connectivity index (χ3n) is 4.41. The average Bonchev–Trinajstić information content (AvgIpc) is 2.70. The molecule has 2 unspecified atom stereocenters. The van der Waals surface area contributed by atoms with Gasteiger partial charge in [-0.25, -0.2) is 14.7 Å². The molecule has 0 aliphatic rings. The van der Waals surface area contributed by atoms with Crippen LogP contribution in [0.1, 0.15) is 40.0 Å². The maximum atomic E-state index is 8.86. The van der Waals surface area contributed by atoms with Crippen molar-refractivity contribution in [1.29, 1.82) is 10.7 Å². The molecule has 30 heavy (non-hydrogen) atoms. The van der Waals surface area contributed by atoms with Gasteiger partial charge in [-0.3, -0.25) is 10.4 Å². The maximum Gasteiger partial charge on any atom is 0.156 e. The van der Waals surface area contributed by atoms with Gasteiger partial charge in [0.25, 0.3) is 0 Å². The summed E-state index contributed by atoms with van der Waals surface area (Å²) in [5, 5.41) is 25.3. The summed E-state index contributed by atoms with van der Waals surface area (Å²) in [7, 11) is 0. The van der Waals surface area contributed by atoms with Crippen molar-refractivity contribution in [3.8, 4) is 5.40 Å². The van der Waals surface area contributed by atoms with Crippen LogP contribution < -0.4 is 21.1 Å². The van der Waals surface area contributed by atoms with Crippen LogP contribution in [0.5, 0.6) is 0 Å². The van der Waals surface area contributed by atoms with Crippen LogP contribution in [0.25, 0.3) is 11.0 Å². The number of nitrogens with one attached hydrogen (secondary N) is 4. The van der Waals surface area contributed by atoms with Gasteiger partial charge in [0.2, 0.25) is 0 Å². The number of hydrogen-bond donors (Lipinski definition) is 5. The summed E-state index contributed by atoms with van der Waals surface area (Å²) in [5.74, 6) is 1.70. The van der Waals surface area contributed by atoms with Crippen molar-refractivity contribution in [2.24, 2.45) is 11.7 Å². The van der Waals surface area contributed by atoms with Crippen LogP contribution >= 0.6 is 11.9 Å². The van der Waals surface area contributed by atoms with E-state index < -0.39 is 0 Å². The first-order chi connectivity index (χ1) is 14.5. The van der Waals surface area contributed by atoms with E-state index in [-0.39, 0.29) is 17.9 Å². The largest absolute Gasteiger partial charge is 0.404 e. The topological polar surface area (TPSA) is 148 Å². The monoisotopic (exact) mass is 427 g/mol. The van der Waals surface area contributed by atoms with Crippen LogP contribution in [0.2, 0.25) is 0 Å². The Hall–Kier alpha value is -2.90. The number of amidine groups is 1. The maximum absolute atomic E-state index is 8.86. The Kier molecular flexibility index (Phi) is 9.31. The van der Waals surface area contributed by atoms with E-state index in [2.05, 4.69) is 56.5 Å². The van der Waals surface area contributed by atoms with Crippen LogP contribution in [0.3, 0.4) is 0 Å². The second-order valence-corrected chi connectivity index (χ2v) is 7.92. The molecule has 0 bridgehead atoms. The highest BCUT2D eigenvalue weighted by Gasteiger charge is 2.19. The standard InChI is InChI=1S/C20H29N9S/c1-4-14(29-30-12-22)10-15(9-13(2)3)26-20-19-16(24-7-8-25-19)11-18(28-20)27-17(23)5-6-21/h5-8,11,13-15,29H,4,9-10,21H2,1-3H3,(H3,23,26,27,28)/b6-5-. The van der Waals surface area contributed by atoms with Crippen LogP contribution in [-0.4, -0.2) is 32.9 Å². The fourth-order valence-electron chi connectivity index (χ4n) is 3.14. The molecule has 2 rings (SSSR count). The summed E-state index contributed by atoms with van der Waals surface area (Å²) in [6.45, 7) is 6.45. The molecule has 6 N–H and O–H groups in total. The second-order valence-electron chi connectivity index (χ2n) is 7.30. The third kappa shape index (κ3) is 7.17. The highest BCUT2D eigenvalue weighted by Crippen LogP contribution is 2.25. The molecule has 2 heterocycles. The minimum absolute atomic E-state index is 0.123. The summed E-state index contributed by atoms with van der Waals surface area (Å²) >= 11 is 1.06. The molecule has 0 saturated carbocycles. The molecule has 2 aromatic heterocycles. The number of fused-ring (bicyclic) bond motifs is 1. The second kappa shape index (κ2) is 11.9. The van der Waals surface area contributed by atoms with Gasteiger partial charge in [-0.2, -0.15) is 5.26 Å². The van der Waals surface area contributed by atoms with Crippen molar-refractivity contribution in [2.75, 3.05) is 10.6 Å². The first kappa shape index (κ1) is 23.4. The van der Waals surface area contributed by atoms with E-state index in [4.69, 9.17) is 16.4 Å². The summed E-state index contributed by atoms with van der Waals surface area (Å²) in [6, 6.07) is 2.06. The molecule has 0 fully saturated rings. The zero-order valence-corrected chi connectivity index (χ0v) is 18.3. The molecular formula is C20H29N9S. The lowest BCUT2D eigenvalue weighted by atomic mass is 9.96. The van der Waals surface area contributed by atoms with Gasteiger partial charge in [0.05, 0.1) is 5.52 Å². The molecule has 0 saturated heterocycles. The lowest BCUT2D eigenvalue weighted by molar-refractivity contribution is 0.442. The van der Waals surface area contributed by atoms with E-state index in [9.17, 15) is 0 Å². The fourth-order valence-corrected chi connectivity index (χ4v) is 3.62. The Morgan fingerprint density at radius 1 is 1.30 bits per heavy atom. The number of rotatable bonds is 11.